The van der Waals surface area contributed by atoms with Gasteiger partial charge in [-0.3, -0.25) is 0 Å². The van der Waals surface area contributed by atoms with Crippen LogP contribution in [-0.4, -0.2) is 42.5 Å². The summed E-state index contributed by atoms with van der Waals surface area (Å²) in [6.45, 7) is 3.77. The molecule has 88 valence electrons. The Morgan fingerprint density at radius 1 is 1.33 bits per heavy atom. The van der Waals surface area contributed by atoms with E-state index in [1.165, 1.54) is 0 Å². The van der Waals surface area contributed by atoms with Gasteiger partial charge in [-0.25, -0.2) is 10.1 Å². The van der Waals surface area contributed by atoms with Crippen molar-refractivity contribution in [1.82, 2.24) is 10.2 Å². The largest absolute Gasteiger partial charge is 0.485 e. The van der Waals surface area contributed by atoms with E-state index in [1.54, 1.807) is 13.8 Å². The first-order chi connectivity index (χ1) is 6.78. The minimum atomic E-state index is -4.68. The number of nitrogens with one attached hydrogen (secondary N) is 1. The number of hydrogen-bond acceptors (Lipinski definition) is 2. The molecule has 2 amide bonds. The molecule has 1 saturated heterocycles. The van der Waals surface area contributed by atoms with Gasteiger partial charge in [-0.05, 0) is 13.8 Å². The molecular weight excluding hydrogens is 213 g/mol. The number of rotatable bonds is 0. The van der Waals surface area contributed by atoms with Crippen LogP contribution in [-0.2, 0) is 4.74 Å². The van der Waals surface area contributed by atoms with Gasteiger partial charge < -0.3 is 9.64 Å². The van der Waals surface area contributed by atoms with Gasteiger partial charge in [0.15, 0.2) is 0 Å². The molecule has 1 aliphatic rings. The topological polar surface area (TPSA) is 41.6 Å². The molecular formula is C8H13F3N2O2. The van der Waals surface area contributed by atoms with Gasteiger partial charge in [0.2, 0.25) is 0 Å². The van der Waals surface area contributed by atoms with E-state index in [0.717, 1.165) is 10.2 Å². The SMILES string of the molecule is CC1CN(C(=O)NC(F)(F)F)CC(C)O1. The Morgan fingerprint density at radius 3 is 2.20 bits per heavy atom. The third-order valence-electron chi connectivity index (χ3n) is 1.96. The molecule has 15 heavy (non-hydrogen) atoms. The van der Waals surface area contributed by atoms with E-state index >= 15 is 0 Å². The molecule has 0 bridgehead atoms. The monoisotopic (exact) mass is 226 g/mol. The summed E-state index contributed by atoms with van der Waals surface area (Å²) in [7, 11) is 0. The summed E-state index contributed by atoms with van der Waals surface area (Å²) in [4.78, 5) is 12.2. The molecule has 0 aromatic carbocycles. The molecule has 0 saturated carbocycles. The van der Waals surface area contributed by atoms with Crippen molar-refractivity contribution in [2.24, 2.45) is 0 Å². The molecule has 1 rings (SSSR count). The fourth-order valence-corrected chi connectivity index (χ4v) is 1.54. The Morgan fingerprint density at radius 2 is 1.80 bits per heavy atom. The van der Waals surface area contributed by atoms with E-state index in [0.29, 0.717) is 0 Å². The van der Waals surface area contributed by atoms with Gasteiger partial charge in [0.25, 0.3) is 0 Å². The fourth-order valence-electron chi connectivity index (χ4n) is 1.54. The lowest BCUT2D eigenvalue weighted by atomic mass is 10.2. The normalized spacial score (nSPS) is 27.7. The molecule has 0 spiro atoms. The van der Waals surface area contributed by atoms with Crippen LogP contribution in [0.5, 0.6) is 0 Å². The van der Waals surface area contributed by atoms with Gasteiger partial charge in [-0.2, -0.15) is 13.2 Å². The third kappa shape index (κ3) is 3.94. The van der Waals surface area contributed by atoms with Crippen LogP contribution in [0, 0.1) is 0 Å². The number of nitrogens with zero attached hydrogens (tertiary/aromatic N) is 1. The number of ether oxygens (including phenoxy) is 1. The Balaban J connectivity index is 2.52. The third-order valence-corrected chi connectivity index (χ3v) is 1.96. The highest BCUT2D eigenvalue weighted by molar-refractivity contribution is 5.74. The second kappa shape index (κ2) is 4.26. The maximum Gasteiger partial charge on any atom is 0.485 e. The minimum absolute atomic E-state index is 0.173. The van der Waals surface area contributed by atoms with E-state index < -0.39 is 12.3 Å². The molecule has 2 atom stereocenters. The van der Waals surface area contributed by atoms with Crippen LogP contribution in [0.4, 0.5) is 18.0 Å². The second-order valence-corrected chi connectivity index (χ2v) is 3.59. The van der Waals surface area contributed by atoms with Gasteiger partial charge in [-0.15, -0.1) is 0 Å². The number of amides is 2. The Labute approximate surface area is 85.4 Å². The highest BCUT2D eigenvalue weighted by Crippen LogP contribution is 2.14. The van der Waals surface area contributed by atoms with Crippen molar-refractivity contribution in [2.75, 3.05) is 13.1 Å². The van der Waals surface area contributed by atoms with Crippen LogP contribution >= 0.6 is 0 Å². The zero-order valence-corrected chi connectivity index (χ0v) is 8.47. The van der Waals surface area contributed by atoms with Gasteiger partial charge >= 0.3 is 12.3 Å². The highest BCUT2D eigenvalue weighted by Gasteiger charge is 2.34. The first-order valence-corrected chi connectivity index (χ1v) is 4.57. The highest BCUT2D eigenvalue weighted by atomic mass is 19.4. The number of urea groups is 1. The van der Waals surface area contributed by atoms with E-state index in [4.69, 9.17) is 4.74 Å². The van der Waals surface area contributed by atoms with Gasteiger partial charge in [-0.1, -0.05) is 0 Å². The van der Waals surface area contributed by atoms with E-state index in [-0.39, 0.29) is 25.3 Å². The molecule has 1 aliphatic heterocycles. The van der Waals surface area contributed by atoms with Crippen molar-refractivity contribution in [2.45, 2.75) is 32.4 Å². The van der Waals surface area contributed by atoms with Gasteiger partial charge in [0, 0.05) is 13.1 Å². The van der Waals surface area contributed by atoms with E-state index in [1.807, 2.05) is 0 Å². The number of carbonyl (C=O) groups excluding carboxylic acids is 1. The first kappa shape index (κ1) is 12.1. The van der Waals surface area contributed by atoms with Crippen molar-refractivity contribution >= 4 is 6.03 Å². The zero-order chi connectivity index (χ0) is 11.6. The van der Waals surface area contributed by atoms with Crippen LogP contribution in [0.15, 0.2) is 0 Å². The smallest absolute Gasteiger partial charge is 0.372 e. The number of hydrogen-bond donors (Lipinski definition) is 1. The molecule has 0 aromatic heterocycles. The van der Waals surface area contributed by atoms with Crippen LogP contribution in [0.25, 0.3) is 0 Å². The molecule has 2 unspecified atom stereocenters. The van der Waals surface area contributed by atoms with Crippen molar-refractivity contribution in [3.8, 4) is 0 Å². The predicted molar refractivity (Wildman–Crippen MR) is 46.2 cm³/mol. The lowest BCUT2D eigenvalue weighted by Gasteiger charge is -2.35. The quantitative estimate of drug-likeness (QED) is 0.633. The lowest BCUT2D eigenvalue weighted by molar-refractivity contribution is -0.149. The summed E-state index contributed by atoms with van der Waals surface area (Å²) < 4.78 is 40.9. The summed E-state index contributed by atoms with van der Waals surface area (Å²) in [5.41, 5.74) is 0. The van der Waals surface area contributed by atoms with Crippen LogP contribution in [0.3, 0.4) is 0 Å². The van der Waals surface area contributed by atoms with Gasteiger partial charge in [0.05, 0.1) is 12.2 Å². The van der Waals surface area contributed by atoms with Crippen LogP contribution < -0.4 is 5.32 Å². The Bertz CT molecular complexity index is 235. The summed E-state index contributed by atoms with van der Waals surface area (Å²) in [5.74, 6) is 0. The molecule has 7 heteroatoms. The molecule has 1 fully saturated rings. The molecule has 0 radical (unpaired) electrons. The van der Waals surface area contributed by atoms with E-state index in [2.05, 4.69) is 0 Å². The molecule has 1 N–H and O–H groups in total. The zero-order valence-electron chi connectivity index (χ0n) is 8.47. The minimum Gasteiger partial charge on any atom is -0.372 e. The molecule has 1 heterocycles. The first-order valence-electron chi connectivity index (χ1n) is 4.57. The van der Waals surface area contributed by atoms with Crippen molar-refractivity contribution in [1.29, 1.82) is 0 Å². The molecule has 0 aromatic rings. The van der Waals surface area contributed by atoms with Crippen molar-refractivity contribution in [3.63, 3.8) is 0 Å². The fraction of sp³-hybridized carbons (Fsp3) is 0.875. The summed E-state index contributed by atoms with van der Waals surface area (Å²) in [6, 6.07) is -1.12. The van der Waals surface area contributed by atoms with Gasteiger partial charge in [0.1, 0.15) is 0 Å². The summed E-state index contributed by atoms with van der Waals surface area (Å²) >= 11 is 0. The number of halogens is 3. The number of carbonyl (C=O) groups is 1. The molecule has 0 aliphatic carbocycles. The standard InChI is InChI=1S/C8H13F3N2O2/c1-5-3-13(4-6(2)15-5)7(14)12-8(9,10)11/h5-6H,3-4H2,1-2H3,(H,12,14). The summed E-state index contributed by atoms with van der Waals surface area (Å²) in [5, 5.41) is 0.961. The molecule has 4 nitrogen and oxygen atoms in total. The van der Waals surface area contributed by atoms with Crippen LogP contribution in [0.2, 0.25) is 0 Å². The Hall–Kier alpha value is -0.980. The van der Waals surface area contributed by atoms with Crippen molar-refractivity contribution in [3.05, 3.63) is 0 Å². The lowest BCUT2D eigenvalue weighted by Crippen LogP contribution is -2.54. The number of alkyl halides is 3. The van der Waals surface area contributed by atoms with Crippen LogP contribution in [0.1, 0.15) is 13.8 Å². The second-order valence-electron chi connectivity index (χ2n) is 3.59. The van der Waals surface area contributed by atoms with Crippen molar-refractivity contribution < 1.29 is 22.7 Å². The average molecular weight is 226 g/mol. The maximum absolute atomic E-state index is 11.9. The average Bonchev–Trinajstić information content (AvgIpc) is 1.98. The predicted octanol–water partition coefficient (Wildman–Crippen LogP) is 1.33. The maximum atomic E-state index is 11.9. The Kier molecular flexibility index (Phi) is 3.43. The number of morpholine rings is 1. The van der Waals surface area contributed by atoms with E-state index in [9.17, 15) is 18.0 Å². The summed E-state index contributed by atoms with van der Waals surface area (Å²) in [6.07, 6.45) is -5.16.